The number of aryl methyl sites for hydroxylation is 2. The normalized spacial score (nSPS) is 10.3. The Labute approximate surface area is 111 Å². The topological polar surface area (TPSA) is 66.0 Å². The Hall–Kier alpha value is -1.95. The number of aromatic nitrogens is 3. The predicted molar refractivity (Wildman–Crippen MR) is 72.8 cm³/mol. The number of pyridine rings is 1. The van der Waals surface area contributed by atoms with E-state index in [1.807, 2.05) is 26.1 Å². The van der Waals surface area contributed by atoms with Crippen LogP contribution in [0.1, 0.15) is 18.2 Å². The van der Waals surface area contributed by atoms with Crippen molar-refractivity contribution >= 4 is 17.2 Å². The molecule has 2 aromatic heterocycles. The molecule has 5 nitrogen and oxygen atoms in total. The zero-order valence-corrected chi connectivity index (χ0v) is 11.1. The van der Waals surface area contributed by atoms with E-state index < -0.39 is 0 Å². The van der Waals surface area contributed by atoms with E-state index in [1.165, 1.54) is 0 Å². The second-order valence-electron chi connectivity index (χ2n) is 3.83. The van der Waals surface area contributed by atoms with Gasteiger partial charge in [-0.15, -0.1) is 0 Å². The van der Waals surface area contributed by atoms with Crippen molar-refractivity contribution in [1.82, 2.24) is 14.8 Å². The summed E-state index contributed by atoms with van der Waals surface area (Å²) < 4.78 is 7.40. The highest BCUT2D eigenvalue weighted by molar-refractivity contribution is 7.80. The summed E-state index contributed by atoms with van der Waals surface area (Å²) in [7, 11) is 0. The van der Waals surface area contributed by atoms with E-state index >= 15 is 0 Å². The Morgan fingerprint density at radius 2 is 2.28 bits per heavy atom. The van der Waals surface area contributed by atoms with E-state index in [4.69, 9.17) is 22.7 Å². The molecule has 0 aliphatic heterocycles. The van der Waals surface area contributed by atoms with Gasteiger partial charge in [0.15, 0.2) is 5.75 Å². The molecular weight excluding hydrogens is 248 g/mol. The van der Waals surface area contributed by atoms with Crippen LogP contribution >= 0.6 is 12.2 Å². The van der Waals surface area contributed by atoms with Crippen LogP contribution in [0.4, 0.5) is 0 Å². The predicted octanol–water partition coefficient (Wildman–Crippen LogP) is 2.03. The van der Waals surface area contributed by atoms with Crippen molar-refractivity contribution in [2.24, 2.45) is 5.73 Å². The van der Waals surface area contributed by atoms with E-state index in [-0.39, 0.29) is 0 Å². The lowest BCUT2D eigenvalue weighted by Crippen LogP contribution is -2.10. The fourth-order valence-electron chi connectivity index (χ4n) is 1.52. The third-order valence-electron chi connectivity index (χ3n) is 2.37. The van der Waals surface area contributed by atoms with E-state index in [0.717, 1.165) is 17.8 Å². The van der Waals surface area contributed by atoms with Crippen molar-refractivity contribution in [3.63, 3.8) is 0 Å². The molecule has 6 heteroatoms. The van der Waals surface area contributed by atoms with Crippen LogP contribution in [-0.4, -0.2) is 19.8 Å². The van der Waals surface area contributed by atoms with Gasteiger partial charge in [0.1, 0.15) is 4.99 Å². The van der Waals surface area contributed by atoms with E-state index in [2.05, 4.69) is 10.1 Å². The first-order valence-corrected chi connectivity index (χ1v) is 5.98. The van der Waals surface area contributed by atoms with Crippen molar-refractivity contribution in [3.8, 4) is 11.6 Å². The minimum absolute atomic E-state index is 0.328. The van der Waals surface area contributed by atoms with Gasteiger partial charge in [0.05, 0.1) is 12.4 Å². The number of thiocarbonyl (C=S) groups is 1. The molecule has 2 heterocycles. The van der Waals surface area contributed by atoms with Gasteiger partial charge in [-0.25, -0.2) is 4.98 Å². The number of nitrogens with zero attached hydrogens (tertiary/aromatic N) is 3. The number of hydrogen-bond acceptors (Lipinski definition) is 4. The molecule has 94 valence electrons. The van der Waals surface area contributed by atoms with Gasteiger partial charge < -0.3 is 10.5 Å². The summed E-state index contributed by atoms with van der Waals surface area (Å²) in [6.45, 7) is 4.67. The van der Waals surface area contributed by atoms with E-state index in [1.54, 1.807) is 16.9 Å². The maximum absolute atomic E-state index is 5.62. The minimum Gasteiger partial charge on any atom is -0.436 e. The van der Waals surface area contributed by atoms with Gasteiger partial charge >= 0.3 is 0 Å². The van der Waals surface area contributed by atoms with Crippen molar-refractivity contribution < 1.29 is 4.74 Å². The number of rotatable bonds is 4. The maximum Gasteiger partial charge on any atom is 0.220 e. The largest absolute Gasteiger partial charge is 0.436 e. The molecular formula is C12H14N4OS. The SMILES string of the molecule is CCn1cc(Oc2cc(C(N)=S)cc(C)n2)cn1. The maximum atomic E-state index is 5.62. The molecule has 0 aliphatic carbocycles. The molecule has 2 rings (SSSR count). The zero-order valence-electron chi connectivity index (χ0n) is 10.3. The molecule has 0 fully saturated rings. The highest BCUT2D eigenvalue weighted by Crippen LogP contribution is 2.20. The molecule has 2 N–H and O–H groups in total. The standard InChI is InChI=1S/C12H14N4OS/c1-3-16-7-10(6-14-16)17-11-5-9(12(13)18)4-8(2)15-11/h4-7H,3H2,1-2H3,(H2,13,18). The lowest BCUT2D eigenvalue weighted by Gasteiger charge is -2.05. The Morgan fingerprint density at radius 3 is 2.89 bits per heavy atom. The Morgan fingerprint density at radius 1 is 1.50 bits per heavy atom. The molecule has 0 aromatic carbocycles. The molecule has 0 amide bonds. The van der Waals surface area contributed by atoms with Gasteiger partial charge in [-0.2, -0.15) is 5.10 Å². The second kappa shape index (κ2) is 5.14. The average Bonchev–Trinajstić information content (AvgIpc) is 2.76. The van der Waals surface area contributed by atoms with Gasteiger partial charge in [0.2, 0.25) is 5.88 Å². The summed E-state index contributed by atoms with van der Waals surface area (Å²) in [6.07, 6.45) is 3.46. The molecule has 18 heavy (non-hydrogen) atoms. The number of hydrogen-bond donors (Lipinski definition) is 1. The Balaban J connectivity index is 2.25. The summed E-state index contributed by atoms with van der Waals surface area (Å²) in [5.41, 5.74) is 7.15. The first kappa shape index (κ1) is 12.5. The number of ether oxygens (including phenoxy) is 1. The fourth-order valence-corrected chi connectivity index (χ4v) is 1.64. The summed E-state index contributed by atoms with van der Waals surface area (Å²) in [5.74, 6) is 1.11. The molecule has 0 saturated heterocycles. The molecule has 0 saturated carbocycles. The minimum atomic E-state index is 0.328. The third kappa shape index (κ3) is 2.84. The third-order valence-corrected chi connectivity index (χ3v) is 2.61. The number of nitrogens with two attached hydrogens (primary N) is 1. The molecule has 0 bridgehead atoms. The van der Waals surface area contributed by atoms with Gasteiger partial charge in [-0.05, 0) is 19.9 Å². The Bertz CT molecular complexity index is 579. The lowest BCUT2D eigenvalue weighted by molar-refractivity contribution is 0.460. The van der Waals surface area contributed by atoms with Crippen molar-refractivity contribution in [3.05, 3.63) is 35.8 Å². The average molecular weight is 262 g/mol. The Kier molecular flexibility index (Phi) is 3.57. The smallest absolute Gasteiger partial charge is 0.220 e. The van der Waals surface area contributed by atoms with Crippen molar-refractivity contribution in [2.75, 3.05) is 0 Å². The van der Waals surface area contributed by atoms with Crippen molar-refractivity contribution in [2.45, 2.75) is 20.4 Å². The van der Waals surface area contributed by atoms with Gasteiger partial charge in [-0.1, -0.05) is 12.2 Å². The van der Waals surface area contributed by atoms with Gasteiger partial charge in [0.25, 0.3) is 0 Å². The first-order chi connectivity index (χ1) is 8.58. The van der Waals surface area contributed by atoms with Crippen LogP contribution in [0.5, 0.6) is 11.6 Å². The molecule has 0 aliphatic rings. The van der Waals surface area contributed by atoms with E-state index in [9.17, 15) is 0 Å². The lowest BCUT2D eigenvalue weighted by atomic mass is 10.2. The fraction of sp³-hybridized carbons (Fsp3) is 0.250. The summed E-state index contributed by atoms with van der Waals surface area (Å²) in [4.78, 5) is 4.60. The molecule has 0 radical (unpaired) electrons. The highest BCUT2D eigenvalue weighted by atomic mass is 32.1. The molecule has 0 atom stereocenters. The molecule has 0 unspecified atom stereocenters. The van der Waals surface area contributed by atoms with Crippen LogP contribution in [0, 0.1) is 6.92 Å². The van der Waals surface area contributed by atoms with Crippen LogP contribution in [0.15, 0.2) is 24.5 Å². The van der Waals surface area contributed by atoms with Crippen LogP contribution < -0.4 is 10.5 Å². The van der Waals surface area contributed by atoms with Crippen LogP contribution in [0.25, 0.3) is 0 Å². The zero-order chi connectivity index (χ0) is 13.1. The summed E-state index contributed by atoms with van der Waals surface area (Å²) in [5, 5.41) is 4.12. The van der Waals surface area contributed by atoms with Crippen LogP contribution in [0.2, 0.25) is 0 Å². The molecule has 2 aromatic rings. The quantitative estimate of drug-likeness (QED) is 0.854. The second-order valence-corrected chi connectivity index (χ2v) is 4.27. The molecule has 0 spiro atoms. The van der Waals surface area contributed by atoms with Gasteiger partial charge in [-0.3, -0.25) is 4.68 Å². The summed E-state index contributed by atoms with van der Waals surface area (Å²) in [6, 6.07) is 3.54. The van der Waals surface area contributed by atoms with E-state index in [0.29, 0.717) is 16.6 Å². The monoisotopic (exact) mass is 262 g/mol. The summed E-state index contributed by atoms with van der Waals surface area (Å²) >= 11 is 4.95. The van der Waals surface area contributed by atoms with Crippen LogP contribution in [0.3, 0.4) is 0 Å². The first-order valence-electron chi connectivity index (χ1n) is 5.57. The van der Waals surface area contributed by atoms with Crippen molar-refractivity contribution in [1.29, 1.82) is 0 Å². The van der Waals surface area contributed by atoms with Gasteiger partial charge in [0, 0.05) is 23.9 Å². The highest BCUT2D eigenvalue weighted by Gasteiger charge is 2.06. The van der Waals surface area contributed by atoms with Crippen LogP contribution in [-0.2, 0) is 6.54 Å².